The van der Waals surface area contributed by atoms with Crippen LogP contribution in [0.2, 0.25) is 0 Å². The van der Waals surface area contributed by atoms with Crippen LogP contribution in [0.4, 0.5) is 0 Å². The lowest BCUT2D eigenvalue weighted by molar-refractivity contribution is 0.174. The Hall–Kier alpha value is -2.01. The quantitative estimate of drug-likeness (QED) is 0.942. The molecule has 1 unspecified atom stereocenters. The van der Waals surface area contributed by atoms with Gasteiger partial charge in [0.25, 0.3) is 0 Å². The Kier molecular flexibility index (Phi) is 3.07. The average Bonchev–Trinajstić information content (AvgIpc) is 3.20. The van der Waals surface area contributed by atoms with Gasteiger partial charge in [-0.1, -0.05) is 6.07 Å². The van der Waals surface area contributed by atoms with Crippen molar-refractivity contribution in [1.82, 2.24) is 15.1 Å². The minimum absolute atomic E-state index is 0.335. The molecule has 2 aliphatic heterocycles. The summed E-state index contributed by atoms with van der Waals surface area (Å²) in [6.45, 7) is 4.49. The van der Waals surface area contributed by atoms with Gasteiger partial charge in [-0.25, -0.2) is 0 Å². The van der Waals surface area contributed by atoms with Gasteiger partial charge in [0.2, 0.25) is 6.79 Å². The fraction of sp³-hybridized carbons (Fsp3) is 0.438. The largest absolute Gasteiger partial charge is 0.454 e. The number of H-pyrrole nitrogens is 1. The lowest BCUT2D eigenvalue weighted by atomic mass is 10.0. The maximum atomic E-state index is 5.50. The van der Waals surface area contributed by atoms with Crippen LogP contribution in [0, 0.1) is 6.92 Å². The molecule has 110 valence electrons. The van der Waals surface area contributed by atoms with Crippen LogP contribution in [0.1, 0.15) is 35.7 Å². The zero-order chi connectivity index (χ0) is 14.2. The maximum absolute atomic E-state index is 5.50. The highest BCUT2D eigenvalue weighted by atomic mass is 16.7. The van der Waals surface area contributed by atoms with Gasteiger partial charge >= 0.3 is 0 Å². The second-order valence-corrected chi connectivity index (χ2v) is 5.76. The zero-order valence-corrected chi connectivity index (χ0v) is 12.1. The SMILES string of the molecule is Cc1[nH]ncc1CN1CCCC1c1ccc2c(c1)OCO2. The van der Waals surface area contributed by atoms with Gasteiger partial charge < -0.3 is 9.47 Å². The molecule has 4 rings (SSSR count). The summed E-state index contributed by atoms with van der Waals surface area (Å²) in [6, 6.07) is 6.78. The van der Waals surface area contributed by atoms with Crippen LogP contribution in [0.3, 0.4) is 0 Å². The van der Waals surface area contributed by atoms with E-state index in [9.17, 15) is 0 Å². The first-order valence-electron chi connectivity index (χ1n) is 7.44. The first kappa shape index (κ1) is 12.7. The summed E-state index contributed by atoms with van der Waals surface area (Å²) in [5.74, 6) is 1.73. The normalized spacial score (nSPS) is 21.1. The number of aromatic nitrogens is 2. The second kappa shape index (κ2) is 5.07. The van der Waals surface area contributed by atoms with E-state index in [-0.39, 0.29) is 0 Å². The van der Waals surface area contributed by atoms with Crippen LogP contribution in [0.15, 0.2) is 24.4 Å². The van der Waals surface area contributed by atoms with Gasteiger partial charge in [-0.2, -0.15) is 5.10 Å². The van der Waals surface area contributed by atoms with Crippen LogP contribution in [-0.2, 0) is 6.54 Å². The smallest absolute Gasteiger partial charge is 0.231 e. The molecular formula is C16H19N3O2. The summed E-state index contributed by atoms with van der Waals surface area (Å²) in [5, 5.41) is 7.14. The van der Waals surface area contributed by atoms with Gasteiger partial charge in [0.15, 0.2) is 11.5 Å². The number of aromatic amines is 1. The molecule has 0 amide bonds. The number of nitrogens with one attached hydrogen (secondary N) is 1. The minimum atomic E-state index is 0.335. The van der Waals surface area contributed by atoms with Crippen molar-refractivity contribution in [3.63, 3.8) is 0 Å². The van der Waals surface area contributed by atoms with Crippen LogP contribution in [0.25, 0.3) is 0 Å². The number of likely N-dealkylation sites (tertiary alicyclic amines) is 1. The topological polar surface area (TPSA) is 50.4 Å². The third-order valence-electron chi connectivity index (χ3n) is 4.45. The molecular weight excluding hydrogens is 266 g/mol. The third-order valence-corrected chi connectivity index (χ3v) is 4.45. The van der Waals surface area contributed by atoms with Gasteiger partial charge in [-0.15, -0.1) is 0 Å². The number of rotatable bonds is 3. The molecule has 5 heteroatoms. The highest BCUT2D eigenvalue weighted by Crippen LogP contribution is 2.39. The van der Waals surface area contributed by atoms with Crippen molar-refractivity contribution in [3.8, 4) is 11.5 Å². The second-order valence-electron chi connectivity index (χ2n) is 5.76. The van der Waals surface area contributed by atoms with Crippen LogP contribution < -0.4 is 9.47 Å². The molecule has 2 aliphatic rings. The Bertz CT molecular complexity index is 653. The number of benzene rings is 1. The van der Waals surface area contributed by atoms with Crippen molar-refractivity contribution in [2.24, 2.45) is 0 Å². The molecule has 1 aromatic carbocycles. The first-order chi connectivity index (χ1) is 10.3. The van der Waals surface area contributed by atoms with Gasteiger partial charge in [-0.3, -0.25) is 10.00 Å². The van der Waals surface area contributed by atoms with E-state index in [2.05, 4.69) is 34.2 Å². The van der Waals surface area contributed by atoms with E-state index in [0.717, 1.165) is 30.3 Å². The number of aryl methyl sites for hydroxylation is 1. The summed E-state index contributed by atoms with van der Waals surface area (Å²) < 4.78 is 10.9. The lowest BCUT2D eigenvalue weighted by Gasteiger charge is -2.24. The van der Waals surface area contributed by atoms with E-state index in [0.29, 0.717) is 12.8 Å². The zero-order valence-electron chi connectivity index (χ0n) is 12.1. The van der Waals surface area contributed by atoms with Crippen molar-refractivity contribution >= 4 is 0 Å². The van der Waals surface area contributed by atoms with Gasteiger partial charge in [0.05, 0.1) is 6.20 Å². The summed E-state index contributed by atoms with van der Waals surface area (Å²) in [7, 11) is 0. The number of nitrogens with zero attached hydrogens (tertiary/aromatic N) is 2. The predicted octanol–water partition coefficient (Wildman–Crippen LogP) is 2.78. The Morgan fingerprint density at radius 3 is 3.10 bits per heavy atom. The van der Waals surface area contributed by atoms with E-state index in [1.165, 1.54) is 24.0 Å². The Labute approximate surface area is 123 Å². The van der Waals surface area contributed by atoms with E-state index in [4.69, 9.17) is 9.47 Å². The Balaban J connectivity index is 1.57. The number of ether oxygens (including phenoxy) is 2. The summed E-state index contributed by atoms with van der Waals surface area (Å²) in [5.41, 5.74) is 3.76. The first-order valence-corrected chi connectivity index (χ1v) is 7.44. The summed E-state index contributed by atoms with van der Waals surface area (Å²) in [6.07, 6.45) is 4.36. The monoisotopic (exact) mass is 285 g/mol. The molecule has 1 atom stereocenters. The number of hydrogen-bond donors (Lipinski definition) is 1. The van der Waals surface area contributed by atoms with Crippen molar-refractivity contribution in [3.05, 3.63) is 41.2 Å². The molecule has 1 saturated heterocycles. The van der Waals surface area contributed by atoms with Crippen LogP contribution in [-0.4, -0.2) is 28.4 Å². The van der Waals surface area contributed by atoms with Crippen molar-refractivity contribution < 1.29 is 9.47 Å². The molecule has 21 heavy (non-hydrogen) atoms. The fourth-order valence-corrected chi connectivity index (χ4v) is 3.27. The van der Waals surface area contributed by atoms with E-state index < -0.39 is 0 Å². The summed E-state index contributed by atoms with van der Waals surface area (Å²) >= 11 is 0. The molecule has 0 aliphatic carbocycles. The van der Waals surface area contributed by atoms with E-state index in [1.807, 2.05) is 12.3 Å². The Morgan fingerprint density at radius 1 is 1.33 bits per heavy atom. The van der Waals surface area contributed by atoms with Gasteiger partial charge in [0.1, 0.15) is 0 Å². The molecule has 0 radical (unpaired) electrons. The Morgan fingerprint density at radius 2 is 2.24 bits per heavy atom. The van der Waals surface area contributed by atoms with Crippen molar-refractivity contribution in [2.45, 2.75) is 32.4 Å². The highest BCUT2D eigenvalue weighted by Gasteiger charge is 2.28. The number of hydrogen-bond acceptors (Lipinski definition) is 4. The van der Waals surface area contributed by atoms with Crippen LogP contribution >= 0.6 is 0 Å². The van der Waals surface area contributed by atoms with Gasteiger partial charge in [0, 0.05) is 23.8 Å². The highest BCUT2D eigenvalue weighted by molar-refractivity contribution is 5.45. The van der Waals surface area contributed by atoms with E-state index in [1.54, 1.807) is 0 Å². The van der Waals surface area contributed by atoms with Gasteiger partial charge in [-0.05, 0) is 44.0 Å². The molecule has 1 aromatic heterocycles. The van der Waals surface area contributed by atoms with E-state index >= 15 is 0 Å². The molecule has 0 bridgehead atoms. The van der Waals surface area contributed by atoms with Crippen molar-refractivity contribution in [2.75, 3.05) is 13.3 Å². The lowest BCUT2D eigenvalue weighted by Crippen LogP contribution is -2.22. The standard InChI is InChI=1S/C16H19N3O2/c1-11-13(8-17-18-11)9-19-6-2-3-14(19)12-4-5-15-16(7-12)21-10-20-15/h4-5,7-8,14H,2-3,6,9-10H2,1H3,(H,17,18). The third kappa shape index (κ3) is 2.27. The fourth-order valence-electron chi connectivity index (χ4n) is 3.27. The molecule has 3 heterocycles. The summed E-state index contributed by atoms with van der Waals surface area (Å²) in [4.78, 5) is 2.52. The molecule has 5 nitrogen and oxygen atoms in total. The maximum Gasteiger partial charge on any atom is 0.231 e. The molecule has 2 aromatic rings. The minimum Gasteiger partial charge on any atom is -0.454 e. The predicted molar refractivity (Wildman–Crippen MR) is 78.3 cm³/mol. The molecule has 1 fully saturated rings. The van der Waals surface area contributed by atoms with Crippen LogP contribution in [0.5, 0.6) is 11.5 Å². The molecule has 0 spiro atoms. The van der Waals surface area contributed by atoms with Crippen molar-refractivity contribution in [1.29, 1.82) is 0 Å². The molecule has 0 saturated carbocycles. The average molecular weight is 285 g/mol. The number of fused-ring (bicyclic) bond motifs is 1. The molecule has 1 N–H and O–H groups in total.